The van der Waals surface area contributed by atoms with Crippen molar-refractivity contribution in [2.24, 2.45) is 16.7 Å². The molecule has 140 valence electrons. The molecular weight excluding hydrogens is 324 g/mol. The zero-order chi connectivity index (χ0) is 19.3. The number of carbonyl (C=O) groups is 2. The number of rotatable bonds is 7. The van der Waals surface area contributed by atoms with Crippen LogP contribution in [0.4, 0.5) is 0 Å². The molecule has 0 fully saturated rings. The van der Waals surface area contributed by atoms with E-state index in [9.17, 15) is 9.59 Å². The van der Waals surface area contributed by atoms with E-state index in [0.717, 1.165) is 5.56 Å². The average molecular weight is 352 g/mol. The minimum Gasteiger partial charge on any atom is -0.461 e. The normalized spacial score (nSPS) is 12.4. The van der Waals surface area contributed by atoms with Gasteiger partial charge in [-0.2, -0.15) is 5.10 Å². The Kier molecular flexibility index (Phi) is 10.6. The third-order valence-corrected chi connectivity index (χ3v) is 3.00. The zero-order valence-corrected chi connectivity index (χ0v) is 15.2. The molecule has 1 amide bonds. The Morgan fingerprint density at radius 2 is 1.88 bits per heavy atom. The lowest BCUT2D eigenvalue weighted by molar-refractivity contribution is -0.145. The van der Waals surface area contributed by atoms with Gasteiger partial charge in [0, 0.05) is 7.11 Å². The fourth-order valence-corrected chi connectivity index (χ4v) is 1.38. The minimum absolute atomic E-state index is 0.0382. The molecule has 0 aliphatic heterocycles. The summed E-state index contributed by atoms with van der Waals surface area (Å²) < 4.78 is 9.99. The number of nitrogens with two attached hydrogens (primary N) is 2. The van der Waals surface area contributed by atoms with Crippen molar-refractivity contribution in [2.45, 2.75) is 45.4 Å². The van der Waals surface area contributed by atoms with Gasteiger partial charge in [-0.1, -0.05) is 30.3 Å². The number of ether oxygens (including phenoxy) is 2. The number of hydrogen-bond acceptors (Lipinski definition) is 6. The summed E-state index contributed by atoms with van der Waals surface area (Å²) in [5.41, 5.74) is 6.37. The molecule has 0 radical (unpaired) electrons. The van der Waals surface area contributed by atoms with E-state index in [0.29, 0.717) is 6.41 Å². The first kappa shape index (κ1) is 22.4. The van der Waals surface area contributed by atoms with Crippen molar-refractivity contribution in [3.63, 3.8) is 0 Å². The highest BCUT2D eigenvalue weighted by molar-refractivity contribution is 5.90. The highest BCUT2D eigenvalue weighted by atomic mass is 16.5. The minimum atomic E-state index is -0.759. The molecular formula is C17H28N4O4. The lowest BCUT2D eigenvalue weighted by Crippen LogP contribution is -2.43. The predicted molar refractivity (Wildman–Crippen MR) is 96.4 cm³/mol. The maximum absolute atomic E-state index is 11.6. The van der Waals surface area contributed by atoms with Gasteiger partial charge in [0.25, 0.3) is 0 Å². The smallest absolute Gasteiger partial charge is 0.308 e. The topological polar surface area (TPSA) is 129 Å². The first-order valence-electron chi connectivity index (χ1n) is 7.71. The Hall–Kier alpha value is -2.61. The summed E-state index contributed by atoms with van der Waals surface area (Å²) in [5.74, 6) is 4.46. The van der Waals surface area contributed by atoms with Crippen molar-refractivity contribution < 1.29 is 19.1 Å². The summed E-state index contributed by atoms with van der Waals surface area (Å²) in [6, 6.07) is 8.48. The van der Waals surface area contributed by atoms with Crippen molar-refractivity contribution in [1.29, 1.82) is 0 Å². The van der Waals surface area contributed by atoms with Crippen LogP contribution in [0.1, 0.15) is 32.8 Å². The highest BCUT2D eigenvalue weighted by Crippen LogP contribution is 2.03. The number of methoxy groups -OCH3 is 1. The van der Waals surface area contributed by atoms with Gasteiger partial charge in [0.1, 0.15) is 12.4 Å². The van der Waals surface area contributed by atoms with Gasteiger partial charge in [0.15, 0.2) is 0 Å². The fourth-order valence-electron chi connectivity index (χ4n) is 1.38. The number of amidine groups is 1. The predicted octanol–water partition coefficient (Wildman–Crippen LogP) is 0.897. The number of carbonyl (C=O) groups excluding carboxylic acids is 2. The fraction of sp³-hybridized carbons (Fsp3) is 0.471. The van der Waals surface area contributed by atoms with Crippen LogP contribution in [0.25, 0.3) is 0 Å². The summed E-state index contributed by atoms with van der Waals surface area (Å²) in [5, 5.41) is 5.59. The van der Waals surface area contributed by atoms with E-state index < -0.39 is 12.0 Å². The van der Waals surface area contributed by atoms with Crippen LogP contribution in [0.3, 0.4) is 0 Å². The van der Waals surface area contributed by atoms with Gasteiger partial charge in [-0.3, -0.25) is 9.59 Å². The second-order valence-electron chi connectivity index (χ2n) is 6.06. The molecule has 0 bridgehead atoms. The molecule has 1 unspecified atom stereocenters. The van der Waals surface area contributed by atoms with Crippen molar-refractivity contribution >= 4 is 18.2 Å². The molecule has 0 spiro atoms. The molecule has 5 N–H and O–H groups in total. The summed E-state index contributed by atoms with van der Waals surface area (Å²) in [6.45, 7) is 6.22. The average Bonchev–Trinajstić information content (AvgIpc) is 2.59. The molecule has 8 heteroatoms. The van der Waals surface area contributed by atoms with Crippen LogP contribution in [0, 0.1) is 0 Å². The third-order valence-electron chi connectivity index (χ3n) is 3.00. The number of nitrogens with one attached hydrogen (secondary N) is 1. The van der Waals surface area contributed by atoms with E-state index >= 15 is 0 Å². The Morgan fingerprint density at radius 3 is 2.32 bits per heavy atom. The van der Waals surface area contributed by atoms with Gasteiger partial charge < -0.3 is 26.4 Å². The molecule has 0 saturated carbocycles. The molecule has 0 saturated heterocycles. The van der Waals surface area contributed by atoms with Crippen LogP contribution < -0.4 is 16.9 Å². The molecule has 1 aromatic carbocycles. The number of esters is 1. The highest BCUT2D eigenvalue weighted by Gasteiger charge is 2.18. The van der Waals surface area contributed by atoms with Crippen molar-refractivity contribution in [3.05, 3.63) is 35.9 Å². The van der Waals surface area contributed by atoms with Gasteiger partial charge in [-0.25, -0.2) is 0 Å². The molecule has 0 aromatic heterocycles. The van der Waals surface area contributed by atoms with E-state index in [1.54, 1.807) is 7.11 Å². The molecule has 25 heavy (non-hydrogen) atoms. The van der Waals surface area contributed by atoms with E-state index in [1.807, 2.05) is 51.1 Å². The van der Waals surface area contributed by atoms with Crippen molar-refractivity contribution in [2.75, 3.05) is 7.11 Å². The van der Waals surface area contributed by atoms with Gasteiger partial charge in [-0.05, 0) is 26.3 Å². The van der Waals surface area contributed by atoms with E-state index in [4.69, 9.17) is 21.1 Å². The van der Waals surface area contributed by atoms with Crippen molar-refractivity contribution in [1.82, 2.24) is 5.32 Å². The Morgan fingerprint density at radius 1 is 1.32 bits per heavy atom. The summed E-state index contributed by atoms with van der Waals surface area (Å²) in [6.07, 6.45) is 0.297. The van der Waals surface area contributed by atoms with Gasteiger partial charge in [0.05, 0.1) is 18.1 Å². The van der Waals surface area contributed by atoms with Gasteiger partial charge in [0.2, 0.25) is 6.41 Å². The standard InChI is InChI=1S/C12H16N4O3.C5H12O/c13-12(16-14)10(15-8-17)6-11(18)19-7-9-4-2-1-3-5-9;1-5(2,3)6-4/h1-5,8,10H,6-7,14H2,(H2,13,16)(H,15,17);1-4H3. The summed E-state index contributed by atoms with van der Waals surface area (Å²) in [7, 11) is 1.71. The number of benzene rings is 1. The number of amides is 1. The number of nitrogens with zero attached hydrogens (tertiary/aromatic N) is 1. The van der Waals surface area contributed by atoms with Crippen molar-refractivity contribution in [3.8, 4) is 0 Å². The maximum atomic E-state index is 11.6. The van der Waals surface area contributed by atoms with Gasteiger partial charge >= 0.3 is 5.97 Å². The summed E-state index contributed by atoms with van der Waals surface area (Å²) >= 11 is 0. The Balaban J connectivity index is 0.000000823. The quantitative estimate of drug-likeness (QED) is 0.167. The van der Waals surface area contributed by atoms with Crippen LogP contribution in [0.2, 0.25) is 0 Å². The molecule has 0 heterocycles. The second-order valence-corrected chi connectivity index (χ2v) is 6.06. The molecule has 1 aromatic rings. The maximum Gasteiger partial charge on any atom is 0.308 e. The lowest BCUT2D eigenvalue weighted by atomic mass is 10.2. The molecule has 0 aliphatic rings. The van der Waals surface area contributed by atoms with Gasteiger partial charge in [-0.15, -0.1) is 0 Å². The molecule has 0 aliphatic carbocycles. The lowest BCUT2D eigenvalue weighted by Gasteiger charge is -2.14. The first-order chi connectivity index (χ1) is 11.7. The molecule has 1 atom stereocenters. The first-order valence-corrected chi connectivity index (χ1v) is 7.71. The van der Waals surface area contributed by atoms with Crippen LogP contribution in [-0.4, -0.2) is 37.0 Å². The third kappa shape index (κ3) is 11.5. The zero-order valence-electron chi connectivity index (χ0n) is 15.2. The monoisotopic (exact) mass is 352 g/mol. The largest absolute Gasteiger partial charge is 0.461 e. The Labute approximate surface area is 148 Å². The van der Waals surface area contributed by atoms with Crippen LogP contribution in [-0.2, 0) is 25.7 Å². The molecule has 8 nitrogen and oxygen atoms in total. The van der Waals surface area contributed by atoms with E-state index in [-0.39, 0.29) is 24.5 Å². The van der Waals surface area contributed by atoms with Crippen LogP contribution in [0.5, 0.6) is 0 Å². The summed E-state index contributed by atoms with van der Waals surface area (Å²) in [4.78, 5) is 22.0. The van der Waals surface area contributed by atoms with E-state index in [2.05, 4.69) is 10.4 Å². The second kappa shape index (κ2) is 11.9. The van der Waals surface area contributed by atoms with E-state index in [1.165, 1.54) is 0 Å². The SMILES string of the molecule is COC(C)(C)C.N/N=C(\N)C(CC(=O)OCc1ccccc1)NC=O. The Bertz CT molecular complexity index is 541. The number of hydrogen-bond donors (Lipinski definition) is 3. The number of hydrazone groups is 1. The van der Waals surface area contributed by atoms with Crippen LogP contribution >= 0.6 is 0 Å². The van der Waals surface area contributed by atoms with Crippen LogP contribution in [0.15, 0.2) is 35.4 Å². The molecule has 1 rings (SSSR count).